The number of nitrogens with one attached hydrogen (secondary N) is 4. The minimum absolute atomic E-state index is 0.198. The lowest BCUT2D eigenvalue weighted by Crippen LogP contribution is -2.46. The molecule has 3 aromatic rings. The molecule has 0 bridgehead atoms. The summed E-state index contributed by atoms with van der Waals surface area (Å²) in [7, 11) is 0. The summed E-state index contributed by atoms with van der Waals surface area (Å²) in [5, 5.41) is 3.63. The zero-order chi connectivity index (χ0) is 15.9. The van der Waals surface area contributed by atoms with E-state index in [4.69, 9.17) is 4.98 Å². The summed E-state index contributed by atoms with van der Waals surface area (Å²) in [5.41, 5.74) is 10.3. The molecular weight excluding hydrogens is 300 g/mol. The van der Waals surface area contributed by atoms with E-state index >= 15 is 0 Å². The average Bonchev–Trinajstić information content (AvgIpc) is 3.25. The highest BCUT2D eigenvalue weighted by atomic mass is 15.4. The van der Waals surface area contributed by atoms with Crippen molar-refractivity contribution in [1.82, 2.24) is 31.1 Å². The quantitative estimate of drug-likeness (QED) is 0.579. The Morgan fingerprint density at radius 3 is 2.88 bits per heavy atom. The summed E-state index contributed by atoms with van der Waals surface area (Å²) < 4.78 is 0. The summed E-state index contributed by atoms with van der Waals surface area (Å²) in [4.78, 5) is 12.5. The minimum Gasteiger partial charge on any atom is -0.341 e. The van der Waals surface area contributed by atoms with Crippen LogP contribution in [-0.4, -0.2) is 27.5 Å². The number of H-pyrrole nitrogens is 1. The lowest BCUT2D eigenvalue weighted by molar-refractivity contribution is 0.263. The van der Waals surface area contributed by atoms with Crippen LogP contribution in [0.2, 0.25) is 0 Å². The SMILES string of the molecule is c1cncc(C2CC3C(CN2)NNC3c2nc3ccccc3[nH]2)c1. The van der Waals surface area contributed by atoms with Gasteiger partial charge in [0, 0.05) is 36.9 Å². The largest absolute Gasteiger partial charge is 0.341 e. The lowest BCUT2D eigenvalue weighted by Gasteiger charge is -2.33. The van der Waals surface area contributed by atoms with Gasteiger partial charge >= 0.3 is 0 Å². The number of nitrogens with zero attached hydrogens (tertiary/aromatic N) is 2. The maximum Gasteiger partial charge on any atom is 0.126 e. The summed E-state index contributed by atoms with van der Waals surface area (Å²) in [6, 6.07) is 13.3. The number of rotatable bonds is 2. The van der Waals surface area contributed by atoms with Gasteiger partial charge in [0.2, 0.25) is 0 Å². The summed E-state index contributed by atoms with van der Waals surface area (Å²) in [6.07, 6.45) is 4.84. The molecule has 2 fully saturated rings. The molecule has 0 aliphatic carbocycles. The van der Waals surface area contributed by atoms with Gasteiger partial charge in [-0.2, -0.15) is 0 Å². The molecule has 4 N–H and O–H groups in total. The monoisotopic (exact) mass is 320 g/mol. The molecule has 122 valence electrons. The van der Waals surface area contributed by atoms with Crippen molar-refractivity contribution in [3.63, 3.8) is 0 Å². The fourth-order valence-electron chi connectivity index (χ4n) is 4.00. The Balaban J connectivity index is 1.43. The second kappa shape index (κ2) is 5.66. The fourth-order valence-corrected chi connectivity index (χ4v) is 4.00. The van der Waals surface area contributed by atoms with Gasteiger partial charge in [-0.1, -0.05) is 18.2 Å². The number of aromatic nitrogens is 3. The predicted octanol–water partition coefficient (Wildman–Crippen LogP) is 1.83. The van der Waals surface area contributed by atoms with E-state index in [1.807, 2.05) is 30.6 Å². The molecule has 0 amide bonds. The van der Waals surface area contributed by atoms with E-state index in [0.717, 1.165) is 29.8 Å². The maximum atomic E-state index is 4.79. The van der Waals surface area contributed by atoms with Gasteiger partial charge in [0.25, 0.3) is 0 Å². The van der Waals surface area contributed by atoms with Gasteiger partial charge in [-0.3, -0.25) is 10.4 Å². The van der Waals surface area contributed by atoms with E-state index in [0.29, 0.717) is 18.0 Å². The minimum atomic E-state index is 0.198. The zero-order valence-corrected chi connectivity index (χ0v) is 13.2. The molecule has 6 heteroatoms. The summed E-state index contributed by atoms with van der Waals surface area (Å²) in [5.74, 6) is 1.50. The molecule has 1 aromatic carbocycles. The van der Waals surface area contributed by atoms with E-state index in [2.05, 4.69) is 44.3 Å². The van der Waals surface area contributed by atoms with Crippen LogP contribution in [0.4, 0.5) is 0 Å². The highest BCUT2D eigenvalue weighted by Gasteiger charge is 2.42. The van der Waals surface area contributed by atoms with Gasteiger partial charge < -0.3 is 10.3 Å². The second-order valence-electron chi connectivity index (χ2n) is 6.66. The Labute approximate surface area is 140 Å². The Morgan fingerprint density at radius 2 is 2.00 bits per heavy atom. The van der Waals surface area contributed by atoms with Crippen molar-refractivity contribution in [2.24, 2.45) is 5.92 Å². The van der Waals surface area contributed by atoms with Gasteiger partial charge in [0.15, 0.2) is 0 Å². The molecule has 0 radical (unpaired) electrons. The molecular formula is C18H20N6. The molecule has 0 saturated carbocycles. The third-order valence-electron chi connectivity index (χ3n) is 5.25. The molecule has 2 aliphatic rings. The van der Waals surface area contributed by atoms with Crippen LogP contribution < -0.4 is 16.2 Å². The number of imidazole rings is 1. The van der Waals surface area contributed by atoms with Gasteiger partial charge in [0.1, 0.15) is 5.82 Å². The van der Waals surface area contributed by atoms with Gasteiger partial charge in [-0.25, -0.2) is 10.4 Å². The maximum absolute atomic E-state index is 4.79. The normalized spacial score (nSPS) is 29.7. The highest BCUT2D eigenvalue weighted by molar-refractivity contribution is 5.74. The van der Waals surface area contributed by atoms with Crippen molar-refractivity contribution < 1.29 is 0 Å². The first kappa shape index (κ1) is 14.1. The molecule has 0 spiro atoms. The van der Waals surface area contributed by atoms with Crippen molar-refractivity contribution in [1.29, 1.82) is 0 Å². The molecule has 4 heterocycles. The predicted molar refractivity (Wildman–Crippen MR) is 92.0 cm³/mol. The van der Waals surface area contributed by atoms with Crippen LogP contribution in [0.3, 0.4) is 0 Å². The van der Waals surface area contributed by atoms with Crippen LogP contribution in [0.15, 0.2) is 48.8 Å². The van der Waals surface area contributed by atoms with E-state index in [9.17, 15) is 0 Å². The first-order valence-electron chi connectivity index (χ1n) is 8.47. The summed E-state index contributed by atoms with van der Waals surface area (Å²) >= 11 is 0. The number of piperidine rings is 1. The summed E-state index contributed by atoms with van der Waals surface area (Å²) in [6.45, 7) is 0.938. The highest BCUT2D eigenvalue weighted by Crippen LogP contribution is 2.37. The Kier molecular flexibility index (Phi) is 3.33. The van der Waals surface area contributed by atoms with Crippen LogP contribution in [0.25, 0.3) is 11.0 Å². The Morgan fingerprint density at radius 1 is 1.04 bits per heavy atom. The van der Waals surface area contributed by atoms with E-state index < -0.39 is 0 Å². The third kappa shape index (κ3) is 2.31. The number of pyridine rings is 1. The van der Waals surface area contributed by atoms with Crippen molar-refractivity contribution in [3.05, 3.63) is 60.2 Å². The molecule has 4 unspecified atom stereocenters. The smallest absolute Gasteiger partial charge is 0.126 e. The number of para-hydroxylation sites is 2. The van der Waals surface area contributed by atoms with Gasteiger partial charge in [-0.15, -0.1) is 0 Å². The van der Waals surface area contributed by atoms with Gasteiger partial charge in [-0.05, 0) is 30.2 Å². The number of hydrogen-bond acceptors (Lipinski definition) is 5. The zero-order valence-electron chi connectivity index (χ0n) is 13.2. The molecule has 2 aromatic heterocycles. The molecule has 2 aliphatic heterocycles. The first-order chi connectivity index (χ1) is 11.9. The van der Waals surface area contributed by atoms with Crippen LogP contribution in [0.1, 0.15) is 29.9 Å². The molecule has 5 rings (SSSR count). The van der Waals surface area contributed by atoms with Crippen LogP contribution in [-0.2, 0) is 0 Å². The van der Waals surface area contributed by atoms with Crippen molar-refractivity contribution in [3.8, 4) is 0 Å². The molecule has 6 nitrogen and oxygen atoms in total. The molecule has 24 heavy (non-hydrogen) atoms. The average molecular weight is 320 g/mol. The van der Waals surface area contributed by atoms with Crippen LogP contribution >= 0.6 is 0 Å². The number of aromatic amines is 1. The van der Waals surface area contributed by atoms with Crippen molar-refractivity contribution in [2.75, 3.05) is 6.54 Å². The second-order valence-corrected chi connectivity index (χ2v) is 6.66. The molecule has 2 saturated heterocycles. The van der Waals surface area contributed by atoms with E-state index in [1.165, 1.54) is 5.56 Å². The van der Waals surface area contributed by atoms with Crippen LogP contribution in [0, 0.1) is 5.92 Å². The number of hydrogen-bond donors (Lipinski definition) is 4. The van der Waals surface area contributed by atoms with E-state index in [-0.39, 0.29) is 6.04 Å². The Bertz CT molecular complexity index is 812. The third-order valence-corrected chi connectivity index (χ3v) is 5.25. The van der Waals surface area contributed by atoms with Crippen LogP contribution in [0.5, 0.6) is 0 Å². The first-order valence-corrected chi connectivity index (χ1v) is 8.47. The standard InChI is InChI=1S/C18H20N6/c1-2-6-14-13(5-1)21-18(22-14)17-12-8-15(11-4-3-7-19-9-11)20-10-16(12)23-24-17/h1-7,9,12,15-17,20,23-24H,8,10H2,(H,21,22). The van der Waals surface area contributed by atoms with E-state index in [1.54, 1.807) is 0 Å². The lowest BCUT2D eigenvalue weighted by atomic mass is 9.82. The topological polar surface area (TPSA) is 77.7 Å². The number of hydrazine groups is 1. The van der Waals surface area contributed by atoms with Crippen molar-refractivity contribution in [2.45, 2.75) is 24.5 Å². The molecule has 4 atom stereocenters. The fraction of sp³-hybridized carbons (Fsp3) is 0.333. The van der Waals surface area contributed by atoms with Gasteiger partial charge in [0.05, 0.1) is 17.1 Å². The Hall–Kier alpha value is -2.28. The van der Waals surface area contributed by atoms with Crippen molar-refractivity contribution >= 4 is 11.0 Å². The number of fused-ring (bicyclic) bond motifs is 2. The number of benzene rings is 1.